The summed E-state index contributed by atoms with van der Waals surface area (Å²) in [6, 6.07) is 10.2. The Hall–Kier alpha value is -2.74. The highest BCUT2D eigenvalue weighted by Gasteiger charge is 2.34. The van der Waals surface area contributed by atoms with Crippen LogP contribution in [0.3, 0.4) is 0 Å². The Morgan fingerprint density at radius 3 is 2.47 bits per heavy atom. The molecule has 34 heavy (non-hydrogen) atoms. The van der Waals surface area contributed by atoms with Gasteiger partial charge in [0.05, 0.1) is 17.2 Å². The van der Waals surface area contributed by atoms with Gasteiger partial charge in [0.1, 0.15) is 4.21 Å². The molecule has 1 aromatic carbocycles. The van der Waals surface area contributed by atoms with E-state index in [1.54, 1.807) is 34.5 Å². The van der Waals surface area contributed by atoms with Gasteiger partial charge in [-0.3, -0.25) is 9.59 Å². The second-order valence-electron chi connectivity index (χ2n) is 8.99. The summed E-state index contributed by atoms with van der Waals surface area (Å²) in [7, 11) is -3.72. The summed E-state index contributed by atoms with van der Waals surface area (Å²) >= 11 is 1.07. The van der Waals surface area contributed by atoms with E-state index in [1.807, 2.05) is 6.07 Å². The fourth-order valence-electron chi connectivity index (χ4n) is 4.35. The molecular formula is C24H28N4O4S2. The Morgan fingerprint density at radius 2 is 1.79 bits per heavy atom. The Bertz CT molecular complexity index is 1200. The van der Waals surface area contributed by atoms with Crippen molar-refractivity contribution in [2.75, 3.05) is 31.5 Å². The second kappa shape index (κ2) is 10.3. The average Bonchev–Trinajstić information content (AvgIpc) is 3.35. The number of piperidine rings is 2. The minimum absolute atomic E-state index is 0.111. The van der Waals surface area contributed by atoms with Gasteiger partial charge in [-0.05, 0) is 55.9 Å². The van der Waals surface area contributed by atoms with E-state index < -0.39 is 10.0 Å². The van der Waals surface area contributed by atoms with Crippen molar-refractivity contribution in [3.63, 3.8) is 0 Å². The van der Waals surface area contributed by atoms with Gasteiger partial charge in [0, 0.05) is 43.2 Å². The molecular weight excluding hydrogens is 472 g/mol. The van der Waals surface area contributed by atoms with Crippen LogP contribution in [0, 0.1) is 23.2 Å². The number of benzene rings is 1. The van der Waals surface area contributed by atoms with Gasteiger partial charge in [0.15, 0.2) is 0 Å². The number of carbonyl (C=O) groups is 2. The number of anilines is 1. The monoisotopic (exact) mass is 500 g/mol. The zero-order chi connectivity index (χ0) is 24.3. The Labute approximate surface area is 204 Å². The fraction of sp³-hybridized carbons (Fsp3) is 0.458. The lowest BCUT2D eigenvalue weighted by Crippen LogP contribution is -2.41. The first kappa shape index (κ1) is 24.4. The van der Waals surface area contributed by atoms with Crippen LogP contribution in [-0.4, -0.2) is 55.6 Å². The minimum atomic E-state index is -3.72. The van der Waals surface area contributed by atoms with Gasteiger partial charge in [-0.15, -0.1) is 11.3 Å². The van der Waals surface area contributed by atoms with Crippen molar-refractivity contribution < 1.29 is 18.0 Å². The lowest BCUT2D eigenvalue weighted by Gasteiger charge is -2.30. The summed E-state index contributed by atoms with van der Waals surface area (Å²) in [6.07, 6.45) is 2.75. The van der Waals surface area contributed by atoms with Gasteiger partial charge < -0.3 is 10.2 Å². The molecule has 1 aromatic heterocycles. The van der Waals surface area contributed by atoms with Crippen LogP contribution in [0.2, 0.25) is 0 Å². The van der Waals surface area contributed by atoms with Crippen molar-refractivity contribution in [3.05, 3.63) is 46.8 Å². The topological polar surface area (TPSA) is 111 Å². The molecule has 2 aromatic rings. The van der Waals surface area contributed by atoms with Crippen molar-refractivity contribution in [1.29, 1.82) is 5.26 Å². The van der Waals surface area contributed by atoms with Crippen molar-refractivity contribution in [2.45, 2.75) is 36.8 Å². The zero-order valence-electron chi connectivity index (χ0n) is 19.1. The molecule has 2 aliphatic rings. The number of thiophene rings is 1. The third kappa shape index (κ3) is 5.32. The number of nitriles is 1. The molecule has 2 fully saturated rings. The summed E-state index contributed by atoms with van der Waals surface area (Å²) in [5.41, 5.74) is 1.44. The molecule has 0 saturated carbocycles. The highest BCUT2D eigenvalue weighted by molar-refractivity contribution is 7.91. The zero-order valence-corrected chi connectivity index (χ0v) is 20.7. The largest absolute Gasteiger partial charge is 0.339 e. The summed E-state index contributed by atoms with van der Waals surface area (Å²) in [5.74, 6) is 0.0155. The molecule has 0 spiro atoms. The van der Waals surface area contributed by atoms with Crippen LogP contribution < -0.4 is 5.32 Å². The third-order valence-electron chi connectivity index (χ3n) is 6.57. The molecule has 0 aliphatic carbocycles. The molecule has 10 heteroatoms. The summed E-state index contributed by atoms with van der Waals surface area (Å²) in [5, 5.41) is 13.5. The highest BCUT2D eigenvalue weighted by atomic mass is 32.2. The molecule has 2 saturated heterocycles. The SMILES string of the molecule is CC1CCN(C(=O)c2csc(S(=O)(=O)N3CCC(C(=O)Nc4cccc(C#N)c4)CC3)c2)CC1. The lowest BCUT2D eigenvalue weighted by atomic mass is 9.97. The number of rotatable bonds is 5. The van der Waals surface area contributed by atoms with E-state index in [0.29, 0.717) is 48.7 Å². The number of hydrogen-bond acceptors (Lipinski definition) is 6. The van der Waals surface area contributed by atoms with Gasteiger partial charge in [-0.2, -0.15) is 9.57 Å². The maximum atomic E-state index is 13.2. The van der Waals surface area contributed by atoms with Crippen LogP contribution in [0.4, 0.5) is 5.69 Å². The molecule has 0 radical (unpaired) electrons. The predicted molar refractivity (Wildman–Crippen MR) is 130 cm³/mol. The standard InChI is InChI=1S/C24H28N4O4S2/c1-17-5-9-27(10-6-17)24(30)20-14-22(33-16-20)34(31,32)28-11-7-19(8-12-28)23(29)26-21-4-2-3-18(13-21)15-25/h2-4,13-14,16-17,19H,5-12H2,1H3,(H,26,29). The molecule has 2 amide bonds. The number of likely N-dealkylation sites (tertiary alicyclic amines) is 1. The van der Waals surface area contributed by atoms with Crippen molar-refractivity contribution in [1.82, 2.24) is 9.21 Å². The smallest absolute Gasteiger partial charge is 0.254 e. The van der Waals surface area contributed by atoms with Crippen molar-refractivity contribution in [2.24, 2.45) is 11.8 Å². The van der Waals surface area contributed by atoms with E-state index in [9.17, 15) is 18.0 Å². The van der Waals surface area contributed by atoms with Gasteiger partial charge in [0.25, 0.3) is 15.9 Å². The van der Waals surface area contributed by atoms with E-state index in [4.69, 9.17) is 5.26 Å². The maximum absolute atomic E-state index is 13.2. The minimum Gasteiger partial charge on any atom is -0.339 e. The number of sulfonamides is 1. The highest BCUT2D eigenvalue weighted by Crippen LogP contribution is 2.29. The quantitative estimate of drug-likeness (QED) is 0.675. The van der Waals surface area contributed by atoms with Crippen molar-refractivity contribution >= 4 is 38.9 Å². The number of nitrogens with one attached hydrogen (secondary N) is 1. The molecule has 4 rings (SSSR count). The molecule has 0 bridgehead atoms. The summed E-state index contributed by atoms with van der Waals surface area (Å²) in [6.45, 7) is 4.06. The number of amides is 2. The van der Waals surface area contributed by atoms with Crippen LogP contribution in [-0.2, 0) is 14.8 Å². The first-order valence-electron chi connectivity index (χ1n) is 11.5. The van der Waals surface area contributed by atoms with E-state index in [-0.39, 0.29) is 35.0 Å². The van der Waals surface area contributed by atoms with Gasteiger partial charge >= 0.3 is 0 Å². The molecule has 8 nitrogen and oxygen atoms in total. The number of carbonyl (C=O) groups excluding carboxylic acids is 2. The van der Waals surface area contributed by atoms with Crippen molar-refractivity contribution in [3.8, 4) is 6.07 Å². The Balaban J connectivity index is 1.35. The van der Waals surface area contributed by atoms with Crippen LogP contribution in [0.1, 0.15) is 48.5 Å². The Kier molecular flexibility index (Phi) is 7.36. The number of hydrogen-bond donors (Lipinski definition) is 1. The Morgan fingerprint density at radius 1 is 1.09 bits per heavy atom. The lowest BCUT2D eigenvalue weighted by molar-refractivity contribution is -0.120. The molecule has 2 aliphatic heterocycles. The predicted octanol–water partition coefficient (Wildman–Crippen LogP) is 3.53. The first-order valence-corrected chi connectivity index (χ1v) is 13.8. The van der Waals surface area contributed by atoms with Crippen LogP contribution >= 0.6 is 11.3 Å². The van der Waals surface area contributed by atoms with Crippen LogP contribution in [0.15, 0.2) is 39.9 Å². The van der Waals surface area contributed by atoms with Crippen LogP contribution in [0.25, 0.3) is 0 Å². The molecule has 0 atom stereocenters. The van der Waals surface area contributed by atoms with Gasteiger partial charge in [0.2, 0.25) is 5.91 Å². The van der Waals surface area contributed by atoms with Crippen LogP contribution in [0.5, 0.6) is 0 Å². The molecule has 180 valence electrons. The molecule has 3 heterocycles. The fourth-order valence-corrected chi connectivity index (χ4v) is 7.13. The van der Waals surface area contributed by atoms with E-state index in [1.165, 1.54) is 10.4 Å². The first-order chi connectivity index (χ1) is 16.3. The van der Waals surface area contributed by atoms with Gasteiger partial charge in [-0.1, -0.05) is 13.0 Å². The van der Waals surface area contributed by atoms with E-state index in [2.05, 4.69) is 12.2 Å². The number of nitrogens with zero attached hydrogens (tertiary/aromatic N) is 3. The summed E-state index contributed by atoms with van der Waals surface area (Å²) < 4.78 is 27.9. The maximum Gasteiger partial charge on any atom is 0.254 e. The molecule has 1 N–H and O–H groups in total. The summed E-state index contributed by atoms with van der Waals surface area (Å²) in [4.78, 5) is 27.2. The average molecular weight is 501 g/mol. The van der Waals surface area contributed by atoms with Gasteiger partial charge in [-0.25, -0.2) is 8.42 Å². The molecule has 0 unspecified atom stereocenters. The normalized spacial score (nSPS) is 18.4. The second-order valence-corrected chi connectivity index (χ2v) is 12.1. The van der Waals surface area contributed by atoms with E-state index >= 15 is 0 Å². The van der Waals surface area contributed by atoms with E-state index in [0.717, 1.165) is 24.2 Å². The third-order valence-corrected chi connectivity index (χ3v) is 9.89.